The second-order valence-electron chi connectivity index (χ2n) is 3.64. The second-order valence-corrected chi connectivity index (χ2v) is 5.35. The van der Waals surface area contributed by atoms with E-state index in [4.69, 9.17) is 4.74 Å². The highest BCUT2D eigenvalue weighted by Gasteiger charge is 2.07. The van der Waals surface area contributed by atoms with Crippen molar-refractivity contribution in [3.63, 3.8) is 0 Å². The van der Waals surface area contributed by atoms with Crippen molar-refractivity contribution in [2.75, 3.05) is 12.4 Å². The summed E-state index contributed by atoms with van der Waals surface area (Å²) < 4.78 is 7.16. The van der Waals surface area contributed by atoms with Crippen LogP contribution < -0.4 is 10.1 Å². The third kappa shape index (κ3) is 3.23. The van der Waals surface area contributed by atoms with Crippen LogP contribution in [0.1, 0.15) is 5.69 Å². The van der Waals surface area contributed by atoms with E-state index in [1.165, 1.54) is 0 Å². The number of benzene rings is 1. The lowest BCUT2D eigenvalue weighted by molar-refractivity contribution is 0.412. The van der Waals surface area contributed by atoms with Gasteiger partial charge in [-0.25, -0.2) is 0 Å². The third-order valence-electron chi connectivity index (χ3n) is 2.43. The van der Waals surface area contributed by atoms with Gasteiger partial charge in [-0.05, 0) is 50.1 Å². The lowest BCUT2D eigenvalue weighted by atomic mass is 10.3. The predicted octanol–water partition coefficient (Wildman–Crippen LogP) is 4.23. The number of pyridine rings is 1. The Morgan fingerprint density at radius 2 is 2.06 bits per heavy atom. The van der Waals surface area contributed by atoms with Crippen LogP contribution in [0.4, 0.5) is 5.69 Å². The molecule has 2 aromatic rings. The van der Waals surface area contributed by atoms with E-state index in [2.05, 4.69) is 42.2 Å². The molecule has 1 N–H and O–H groups in total. The minimum absolute atomic E-state index is 0.671. The maximum atomic E-state index is 5.27. The molecule has 0 saturated heterocycles. The Balaban J connectivity index is 2.14. The molecule has 0 unspecified atom stereocenters. The van der Waals surface area contributed by atoms with Crippen molar-refractivity contribution in [2.24, 2.45) is 0 Å². The normalized spacial score (nSPS) is 10.2. The van der Waals surface area contributed by atoms with Crippen LogP contribution in [-0.4, -0.2) is 12.1 Å². The number of ether oxygens (including phenoxy) is 1. The number of nitrogens with one attached hydrogen (secondary N) is 1. The molecule has 0 bridgehead atoms. The molecular formula is C13H12Br2N2O. The van der Waals surface area contributed by atoms with Gasteiger partial charge in [0, 0.05) is 16.7 Å². The van der Waals surface area contributed by atoms with Gasteiger partial charge in [-0.3, -0.25) is 4.98 Å². The van der Waals surface area contributed by atoms with Gasteiger partial charge in [0.2, 0.25) is 0 Å². The van der Waals surface area contributed by atoms with E-state index >= 15 is 0 Å². The molecule has 94 valence electrons. The summed E-state index contributed by atoms with van der Waals surface area (Å²) in [7, 11) is 1.65. The van der Waals surface area contributed by atoms with Crippen LogP contribution in [0.25, 0.3) is 0 Å². The summed E-state index contributed by atoms with van der Waals surface area (Å²) in [5.74, 6) is 0.793. The largest absolute Gasteiger partial charge is 0.495 e. The van der Waals surface area contributed by atoms with Crippen LogP contribution in [0.5, 0.6) is 5.75 Å². The van der Waals surface area contributed by atoms with Crippen LogP contribution in [0.2, 0.25) is 0 Å². The van der Waals surface area contributed by atoms with Crippen molar-refractivity contribution in [1.82, 2.24) is 4.98 Å². The Morgan fingerprint density at radius 1 is 1.22 bits per heavy atom. The number of methoxy groups -OCH3 is 1. The second kappa shape index (κ2) is 6.20. The average molecular weight is 372 g/mol. The first kappa shape index (κ1) is 13.4. The van der Waals surface area contributed by atoms with E-state index in [9.17, 15) is 0 Å². The zero-order valence-corrected chi connectivity index (χ0v) is 13.0. The summed E-state index contributed by atoms with van der Waals surface area (Å²) in [4.78, 5) is 4.27. The molecular weight excluding hydrogens is 360 g/mol. The van der Waals surface area contributed by atoms with Gasteiger partial charge < -0.3 is 10.1 Å². The van der Waals surface area contributed by atoms with Gasteiger partial charge in [0.25, 0.3) is 0 Å². The van der Waals surface area contributed by atoms with Crippen LogP contribution in [0.3, 0.4) is 0 Å². The molecule has 18 heavy (non-hydrogen) atoms. The molecule has 1 aromatic carbocycles. The van der Waals surface area contributed by atoms with E-state index in [0.717, 1.165) is 26.1 Å². The van der Waals surface area contributed by atoms with E-state index in [1.54, 1.807) is 13.3 Å². The standard InChI is InChI=1S/C13H12Br2N2O/c1-18-13-7-12(10(14)6-11(13)15)17-8-9-4-2-3-5-16-9/h2-7,17H,8H2,1H3. The van der Waals surface area contributed by atoms with Crippen LogP contribution in [-0.2, 0) is 6.54 Å². The SMILES string of the molecule is COc1cc(NCc2ccccn2)c(Br)cc1Br. The fraction of sp³-hybridized carbons (Fsp3) is 0.154. The van der Waals surface area contributed by atoms with Crippen molar-refractivity contribution in [3.8, 4) is 5.75 Å². The summed E-state index contributed by atoms with van der Waals surface area (Å²) in [5, 5.41) is 3.32. The van der Waals surface area contributed by atoms with Crippen LogP contribution in [0.15, 0.2) is 45.5 Å². The quantitative estimate of drug-likeness (QED) is 0.873. The van der Waals surface area contributed by atoms with Gasteiger partial charge in [-0.1, -0.05) is 6.07 Å². The minimum atomic E-state index is 0.671. The number of halogens is 2. The molecule has 0 aliphatic rings. The van der Waals surface area contributed by atoms with Gasteiger partial charge >= 0.3 is 0 Å². The Bertz CT molecular complexity index is 532. The van der Waals surface area contributed by atoms with Crippen LogP contribution in [0, 0.1) is 0 Å². The highest BCUT2D eigenvalue weighted by molar-refractivity contribution is 9.11. The van der Waals surface area contributed by atoms with Gasteiger partial charge in [-0.15, -0.1) is 0 Å². The molecule has 0 fully saturated rings. The first-order valence-corrected chi connectivity index (χ1v) is 6.96. The average Bonchev–Trinajstić information content (AvgIpc) is 2.39. The predicted molar refractivity (Wildman–Crippen MR) is 80.0 cm³/mol. The molecule has 5 heteroatoms. The Kier molecular flexibility index (Phi) is 4.60. The van der Waals surface area contributed by atoms with E-state index in [-0.39, 0.29) is 0 Å². The Labute approximate surface area is 123 Å². The molecule has 0 aliphatic carbocycles. The maximum absolute atomic E-state index is 5.27. The number of anilines is 1. The highest BCUT2D eigenvalue weighted by atomic mass is 79.9. The summed E-state index contributed by atoms with van der Waals surface area (Å²) in [6, 6.07) is 9.76. The fourth-order valence-electron chi connectivity index (χ4n) is 1.51. The number of hydrogen-bond donors (Lipinski definition) is 1. The summed E-state index contributed by atoms with van der Waals surface area (Å²) in [6.07, 6.45) is 1.79. The topological polar surface area (TPSA) is 34.1 Å². The smallest absolute Gasteiger partial charge is 0.135 e. The molecule has 1 heterocycles. The number of aromatic nitrogens is 1. The van der Waals surface area contributed by atoms with Crippen molar-refractivity contribution >= 4 is 37.5 Å². The van der Waals surface area contributed by atoms with Gasteiger partial charge in [0.15, 0.2) is 0 Å². The number of nitrogens with zero attached hydrogens (tertiary/aromatic N) is 1. The van der Waals surface area contributed by atoms with E-state index < -0.39 is 0 Å². The van der Waals surface area contributed by atoms with E-state index in [0.29, 0.717) is 6.54 Å². The summed E-state index contributed by atoms with van der Waals surface area (Å²) in [6.45, 7) is 0.671. The first-order valence-electron chi connectivity index (χ1n) is 5.37. The molecule has 0 radical (unpaired) electrons. The van der Waals surface area contributed by atoms with Gasteiger partial charge in [0.1, 0.15) is 5.75 Å². The molecule has 3 nitrogen and oxygen atoms in total. The molecule has 2 rings (SSSR count). The number of hydrogen-bond acceptors (Lipinski definition) is 3. The first-order chi connectivity index (χ1) is 8.70. The van der Waals surface area contributed by atoms with Crippen molar-refractivity contribution in [3.05, 3.63) is 51.2 Å². The third-order valence-corrected chi connectivity index (χ3v) is 3.70. The highest BCUT2D eigenvalue weighted by Crippen LogP contribution is 2.34. The molecule has 0 atom stereocenters. The Hall–Kier alpha value is -1.07. The molecule has 0 spiro atoms. The summed E-state index contributed by atoms with van der Waals surface area (Å²) in [5.41, 5.74) is 1.96. The lowest BCUT2D eigenvalue weighted by Crippen LogP contribution is -2.02. The van der Waals surface area contributed by atoms with E-state index in [1.807, 2.05) is 30.3 Å². The molecule has 0 aliphatic heterocycles. The van der Waals surface area contributed by atoms with Crippen molar-refractivity contribution in [2.45, 2.75) is 6.54 Å². The maximum Gasteiger partial charge on any atom is 0.135 e. The molecule has 0 amide bonds. The fourth-order valence-corrected chi connectivity index (χ4v) is 2.81. The molecule has 0 saturated carbocycles. The summed E-state index contributed by atoms with van der Waals surface area (Å²) >= 11 is 6.96. The van der Waals surface area contributed by atoms with Crippen molar-refractivity contribution < 1.29 is 4.74 Å². The van der Waals surface area contributed by atoms with Gasteiger partial charge in [0.05, 0.1) is 29.5 Å². The number of rotatable bonds is 4. The zero-order chi connectivity index (χ0) is 13.0. The van der Waals surface area contributed by atoms with Crippen LogP contribution >= 0.6 is 31.9 Å². The monoisotopic (exact) mass is 370 g/mol. The van der Waals surface area contributed by atoms with Crippen molar-refractivity contribution in [1.29, 1.82) is 0 Å². The lowest BCUT2D eigenvalue weighted by Gasteiger charge is -2.11. The zero-order valence-electron chi connectivity index (χ0n) is 9.78. The molecule has 1 aromatic heterocycles. The minimum Gasteiger partial charge on any atom is -0.495 e. The van der Waals surface area contributed by atoms with Gasteiger partial charge in [-0.2, -0.15) is 0 Å². The Morgan fingerprint density at radius 3 is 2.72 bits per heavy atom.